The van der Waals surface area contributed by atoms with E-state index in [1.54, 1.807) is 0 Å². The van der Waals surface area contributed by atoms with Crippen LogP contribution in [0.1, 0.15) is 45.1 Å². The number of nitrogens with two attached hydrogens (primary N) is 1. The second-order valence-electron chi connectivity index (χ2n) is 6.62. The molecule has 1 aliphatic rings. The van der Waals surface area contributed by atoms with E-state index in [0.29, 0.717) is 13.0 Å². The summed E-state index contributed by atoms with van der Waals surface area (Å²) in [5.41, 5.74) is 7.08. The van der Waals surface area contributed by atoms with Gasteiger partial charge in [0.15, 0.2) is 0 Å². The van der Waals surface area contributed by atoms with E-state index in [0.717, 1.165) is 44.0 Å². The first-order valence-corrected chi connectivity index (χ1v) is 8.83. The highest BCUT2D eigenvalue weighted by Crippen LogP contribution is 2.23. The lowest BCUT2D eigenvalue weighted by Crippen LogP contribution is -2.40. The first-order chi connectivity index (χ1) is 11.1. The van der Waals surface area contributed by atoms with Crippen molar-refractivity contribution < 1.29 is 9.53 Å². The Morgan fingerprint density at radius 3 is 2.52 bits per heavy atom. The summed E-state index contributed by atoms with van der Waals surface area (Å²) in [5, 5.41) is 0. The molecule has 0 bridgehead atoms. The molecule has 4 nitrogen and oxygen atoms in total. The van der Waals surface area contributed by atoms with Crippen molar-refractivity contribution in [2.24, 2.45) is 11.7 Å². The molecule has 2 N–H and O–H groups in total. The Labute approximate surface area is 140 Å². The van der Waals surface area contributed by atoms with Crippen molar-refractivity contribution in [3.05, 3.63) is 29.8 Å². The first-order valence-electron chi connectivity index (χ1n) is 8.83. The smallest absolute Gasteiger partial charge is 0.224 e. The second-order valence-corrected chi connectivity index (χ2v) is 6.62. The summed E-state index contributed by atoms with van der Waals surface area (Å²) >= 11 is 0. The van der Waals surface area contributed by atoms with E-state index in [-0.39, 0.29) is 11.9 Å². The minimum Gasteiger partial charge on any atom is -0.494 e. The standard InChI is InChI=1S/C19H30N2O2/c1-3-23-18-8-6-16(7-9-18)4-5-17-10-12-21(13-11-17)19(22)14-15(2)20/h6-9,15,17H,3-5,10-14,20H2,1-2H3. The van der Waals surface area contributed by atoms with Crippen molar-refractivity contribution in [2.45, 2.75) is 52.0 Å². The Hall–Kier alpha value is -1.55. The molecule has 1 aliphatic heterocycles. The van der Waals surface area contributed by atoms with E-state index >= 15 is 0 Å². The Bertz CT molecular complexity index is 477. The van der Waals surface area contributed by atoms with E-state index in [2.05, 4.69) is 12.1 Å². The molecule has 1 saturated heterocycles. The van der Waals surface area contributed by atoms with Gasteiger partial charge < -0.3 is 15.4 Å². The normalized spacial score (nSPS) is 17.1. The average molecular weight is 318 g/mol. The van der Waals surface area contributed by atoms with Crippen LogP contribution >= 0.6 is 0 Å². The van der Waals surface area contributed by atoms with Crippen LogP contribution in [-0.4, -0.2) is 36.5 Å². The molecule has 0 aromatic heterocycles. The zero-order valence-electron chi connectivity index (χ0n) is 14.5. The molecule has 1 atom stereocenters. The quantitative estimate of drug-likeness (QED) is 0.841. The van der Waals surface area contributed by atoms with Crippen molar-refractivity contribution in [3.8, 4) is 5.75 Å². The van der Waals surface area contributed by atoms with Crippen LogP contribution < -0.4 is 10.5 Å². The van der Waals surface area contributed by atoms with Crippen molar-refractivity contribution >= 4 is 5.91 Å². The molecule has 1 unspecified atom stereocenters. The highest BCUT2D eigenvalue weighted by molar-refractivity contribution is 5.76. The minimum absolute atomic E-state index is 0.0418. The van der Waals surface area contributed by atoms with Gasteiger partial charge in [-0.15, -0.1) is 0 Å². The van der Waals surface area contributed by atoms with Gasteiger partial charge in [-0.2, -0.15) is 0 Å². The molecule has 1 amide bonds. The van der Waals surface area contributed by atoms with E-state index in [1.165, 1.54) is 12.0 Å². The Morgan fingerprint density at radius 2 is 1.96 bits per heavy atom. The maximum Gasteiger partial charge on any atom is 0.224 e. The molecular weight excluding hydrogens is 288 g/mol. The van der Waals surface area contributed by atoms with Crippen LogP contribution in [0.15, 0.2) is 24.3 Å². The average Bonchev–Trinajstić information content (AvgIpc) is 2.54. The lowest BCUT2D eigenvalue weighted by atomic mass is 9.90. The second kappa shape index (κ2) is 8.92. The molecule has 23 heavy (non-hydrogen) atoms. The lowest BCUT2D eigenvalue weighted by Gasteiger charge is -2.32. The molecule has 0 saturated carbocycles. The molecule has 1 fully saturated rings. The maximum absolute atomic E-state index is 12.0. The molecule has 1 aromatic rings. The highest BCUT2D eigenvalue weighted by atomic mass is 16.5. The molecule has 4 heteroatoms. The van der Waals surface area contributed by atoms with E-state index in [1.807, 2.05) is 30.9 Å². The largest absolute Gasteiger partial charge is 0.494 e. The number of ether oxygens (including phenoxy) is 1. The van der Waals surface area contributed by atoms with Gasteiger partial charge in [-0.05, 0) is 63.1 Å². The number of amides is 1. The zero-order valence-corrected chi connectivity index (χ0v) is 14.5. The van der Waals surface area contributed by atoms with Crippen LogP contribution in [0.5, 0.6) is 5.75 Å². The van der Waals surface area contributed by atoms with Gasteiger partial charge in [0.1, 0.15) is 5.75 Å². The molecule has 0 radical (unpaired) electrons. The predicted molar refractivity (Wildman–Crippen MR) is 93.5 cm³/mol. The van der Waals surface area contributed by atoms with Crippen LogP contribution in [0.3, 0.4) is 0 Å². The third-order valence-electron chi connectivity index (χ3n) is 4.54. The topological polar surface area (TPSA) is 55.6 Å². The first kappa shape index (κ1) is 17.8. The van der Waals surface area contributed by atoms with Crippen LogP contribution in [0, 0.1) is 5.92 Å². The predicted octanol–water partition coefficient (Wildman–Crippen LogP) is 2.99. The number of rotatable bonds is 7. The summed E-state index contributed by atoms with van der Waals surface area (Å²) in [6.45, 7) is 6.37. The number of carbonyl (C=O) groups is 1. The molecule has 2 rings (SSSR count). The third kappa shape index (κ3) is 5.87. The van der Waals surface area contributed by atoms with Crippen LogP contribution in [0.25, 0.3) is 0 Å². The summed E-state index contributed by atoms with van der Waals surface area (Å²) in [7, 11) is 0. The number of likely N-dealkylation sites (tertiary alicyclic amines) is 1. The van der Waals surface area contributed by atoms with Gasteiger partial charge in [-0.3, -0.25) is 4.79 Å². The minimum atomic E-state index is -0.0418. The summed E-state index contributed by atoms with van der Waals surface area (Å²) in [5.74, 6) is 1.88. The molecule has 1 aromatic carbocycles. The number of carbonyl (C=O) groups excluding carboxylic acids is 1. The monoisotopic (exact) mass is 318 g/mol. The molecule has 1 heterocycles. The van der Waals surface area contributed by atoms with Gasteiger partial charge in [-0.1, -0.05) is 12.1 Å². The lowest BCUT2D eigenvalue weighted by molar-refractivity contribution is -0.132. The van der Waals surface area contributed by atoms with Gasteiger partial charge in [0.25, 0.3) is 0 Å². The fourth-order valence-corrected chi connectivity index (χ4v) is 3.17. The van der Waals surface area contributed by atoms with Crippen LogP contribution in [-0.2, 0) is 11.2 Å². The van der Waals surface area contributed by atoms with Crippen LogP contribution in [0.4, 0.5) is 0 Å². The maximum atomic E-state index is 12.0. The summed E-state index contributed by atoms with van der Waals surface area (Å²) in [4.78, 5) is 14.0. The number of hydrogen-bond donors (Lipinski definition) is 1. The Balaban J connectivity index is 1.71. The number of hydrogen-bond acceptors (Lipinski definition) is 3. The van der Waals surface area contributed by atoms with E-state index < -0.39 is 0 Å². The van der Waals surface area contributed by atoms with Gasteiger partial charge in [0, 0.05) is 25.6 Å². The SMILES string of the molecule is CCOc1ccc(CCC2CCN(C(=O)CC(C)N)CC2)cc1. The fraction of sp³-hybridized carbons (Fsp3) is 0.632. The van der Waals surface area contributed by atoms with Gasteiger partial charge >= 0.3 is 0 Å². The number of benzene rings is 1. The van der Waals surface area contributed by atoms with Gasteiger partial charge in [-0.25, -0.2) is 0 Å². The number of aryl methyl sites for hydroxylation is 1. The number of nitrogens with zero attached hydrogens (tertiary/aromatic N) is 1. The van der Waals surface area contributed by atoms with Gasteiger partial charge in [0.2, 0.25) is 5.91 Å². The Morgan fingerprint density at radius 1 is 1.30 bits per heavy atom. The fourth-order valence-electron chi connectivity index (χ4n) is 3.17. The number of piperidine rings is 1. The Kier molecular flexibility index (Phi) is 6.90. The summed E-state index contributed by atoms with van der Waals surface area (Å²) < 4.78 is 5.47. The van der Waals surface area contributed by atoms with Crippen molar-refractivity contribution in [2.75, 3.05) is 19.7 Å². The van der Waals surface area contributed by atoms with Crippen molar-refractivity contribution in [1.82, 2.24) is 4.90 Å². The van der Waals surface area contributed by atoms with Gasteiger partial charge in [0.05, 0.1) is 6.61 Å². The molecule has 0 aliphatic carbocycles. The molecule has 128 valence electrons. The van der Waals surface area contributed by atoms with Crippen LogP contribution in [0.2, 0.25) is 0 Å². The van der Waals surface area contributed by atoms with Crippen molar-refractivity contribution in [3.63, 3.8) is 0 Å². The third-order valence-corrected chi connectivity index (χ3v) is 4.54. The summed E-state index contributed by atoms with van der Waals surface area (Å²) in [6.07, 6.45) is 4.99. The molecular formula is C19H30N2O2. The van der Waals surface area contributed by atoms with E-state index in [4.69, 9.17) is 10.5 Å². The van der Waals surface area contributed by atoms with E-state index in [9.17, 15) is 4.79 Å². The zero-order chi connectivity index (χ0) is 16.7. The summed E-state index contributed by atoms with van der Waals surface area (Å²) in [6, 6.07) is 8.38. The van der Waals surface area contributed by atoms with Crippen molar-refractivity contribution in [1.29, 1.82) is 0 Å². The highest BCUT2D eigenvalue weighted by Gasteiger charge is 2.22. The molecule has 0 spiro atoms.